The number of aromatic nitrogens is 3. The predicted molar refractivity (Wildman–Crippen MR) is 53.1 cm³/mol. The molecule has 1 aliphatic rings. The molecule has 72 valence electrons. The van der Waals surface area contributed by atoms with Crippen LogP contribution < -0.4 is 5.69 Å². The third-order valence-electron chi connectivity index (χ3n) is 2.69. The van der Waals surface area contributed by atoms with Gasteiger partial charge in [0.1, 0.15) is 0 Å². The third-order valence-corrected chi connectivity index (χ3v) is 2.69. The Morgan fingerprint density at radius 1 is 1.57 bits per heavy atom. The van der Waals surface area contributed by atoms with Crippen molar-refractivity contribution in [3.63, 3.8) is 0 Å². The smallest absolute Gasteiger partial charge is 0.290 e. The quantitative estimate of drug-likeness (QED) is 0.770. The average molecular weight is 189 g/mol. The van der Waals surface area contributed by atoms with E-state index in [0.29, 0.717) is 11.6 Å². The summed E-state index contributed by atoms with van der Waals surface area (Å²) in [6, 6.07) is 3.79. The van der Waals surface area contributed by atoms with Gasteiger partial charge in [0, 0.05) is 12.7 Å². The highest BCUT2D eigenvalue weighted by atomic mass is 16.1. The standard InChI is InChI=1S/C10H11N3O/c14-10-12-9-8(2-1-5-11-9)13(10)6-7-3-4-7/h1-2,5,7H,3-4,6H2,(H,11,12,14). The minimum atomic E-state index is -0.0365. The molecule has 0 spiro atoms. The highest BCUT2D eigenvalue weighted by Gasteiger charge is 2.23. The summed E-state index contributed by atoms with van der Waals surface area (Å²) in [4.78, 5) is 18.4. The van der Waals surface area contributed by atoms with Crippen LogP contribution in [0.15, 0.2) is 23.1 Å². The normalized spacial score (nSPS) is 16.3. The van der Waals surface area contributed by atoms with Gasteiger partial charge in [-0.05, 0) is 30.9 Å². The molecule has 14 heavy (non-hydrogen) atoms. The molecule has 4 nitrogen and oxygen atoms in total. The molecule has 2 heterocycles. The molecule has 1 saturated carbocycles. The van der Waals surface area contributed by atoms with Gasteiger partial charge in [-0.15, -0.1) is 0 Å². The zero-order chi connectivity index (χ0) is 9.54. The topological polar surface area (TPSA) is 50.7 Å². The summed E-state index contributed by atoms with van der Waals surface area (Å²) in [5.74, 6) is 0.701. The van der Waals surface area contributed by atoms with E-state index >= 15 is 0 Å². The van der Waals surface area contributed by atoms with Crippen LogP contribution in [0.4, 0.5) is 0 Å². The van der Waals surface area contributed by atoms with E-state index in [1.165, 1.54) is 12.8 Å². The van der Waals surface area contributed by atoms with E-state index in [1.807, 2.05) is 12.1 Å². The molecule has 0 atom stereocenters. The molecule has 0 aliphatic heterocycles. The zero-order valence-corrected chi connectivity index (χ0v) is 7.73. The van der Waals surface area contributed by atoms with Crippen molar-refractivity contribution in [1.82, 2.24) is 14.5 Å². The largest absolute Gasteiger partial charge is 0.327 e. The summed E-state index contributed by atoms with van der Waals surface area (Å²) < 4.78 is 1.79. The Morgan fingerprint density at radius 2 is 2.43 bits per heavy atom. The number of nitrogens with zero attached hydrogens (tertiary/aromatic N) is 2. The molecule has 2 aromatic rings. The predicted octanol–water partition coefficient (Wildman–Crippen LogP) is 1.13. The Bertz CT molecular complexity index is 521. The molecule has 0 bridgehead atoms. The summed E-state index contributed by atoms with van der Waals surface area (Å²) in [5, 5.41) is 0. The fraction of sp³-hybridized carbons (Fsp3) is 0.400. The molecular formula is C10H11N3O. The lowest BCUT2D eigenvalue weighted by molar-refractivity contribution is 0.624. The van der Waals surface area contributed by atoms with E-state index in [4.69, 9.17) is 0 Å². The van der Waals surface area contributed by atoms with Crippen molar-refractivity contribution in [2.45, 2.75) is 19.4 Å². The van der Waals surface area contributed by atoms with Gasteiger partial charge in [0.15, 0.2) is 5.65 Å². The monoisotopic (exact) mass is 189 g/mol. The first-order valence-electron chi connectivity index (χ1n) is 4.88. The number of pyridine rings is 1. The molecule has 0 saturated heterocycles. The van der Waals surface area contributed by atoms with Gasteiger partial charge >= 0.3 is 5.69 Å². The molecule has 4 heteroatoms. The Balaban J connectivity index is 2.18. The second kappa shape index (κ2) is 2.70. The lowest BCUT2D eigenvalue weighted by Crippen LogP contribution is -2.17. The van der Waals surface area contributed by atoms with Crippen LogP contribution in [0.5, 0.6) is 0 Å². The number of imidazole rings is 1. The van der Waals surface area contributed by atoms with Crippen molar-refractivity contribution >= 4 is 11.2 Å². The summed E-state index contributed by atoms with van der Waals surface area (Å²) in [5.41, 5.74) is 1.58. The van der Waals surface area contributed by atoms with Crippen LogP contribution in [0.3, 0.4) is 0 Å². The maximum atomic E-state index is 11.6. The van der Waals surface area contributed by atoms with Crippen molar-refractivity contribution < 1.29 is 0 Å². The summed E-state index contributed by atoms with van der Waals surface area (Å²) in [7, 11) is 0. The van der Waals surface area contributed by atoms with Crippen molar-refractivity contribution in [2.24, 2.45) is 5.92 Å². The average Bonchev–Trinajstić information content (AvgIpc) is 2.93. The fourth-order valence-electron chi connectivity index (χ4n) is 1.73. The summed E-state index contributed by atoms with van der Waals surface area (Å²) in [6.07, 6.45) is 4.19. The van der Waals surface area contributed by atoms with E-state index in [0.717, 1.165) is 12.1 Å². The second-order valence-corrected chi connectivity index (χ2v) is 3.86. The lowest BCUT2D eigenvalue weighted by Gasteiger charge is -1.99. The van der Waals surface area contributed by atoms with Gasteiger partial charge in [-0.3, -0.25) is 9.55 Å². The van der Waals surface area contributed by atoms with Gasteiger partial charge < -0.3 is 0 Å². The molecular weight excluding hydrogens is 178 g/mol. The van der Waals surface area contributed by atoms with Gasteiger partial charge in [-0.25, -0.2) is 9.78 Å². The molecule has 0 aromatic carbocycles. The number of hydrogen-bond acceptors (Lipinski definition) is 2. The van der Waals surface area contributed by atoms with Crippen LogP contribution in [-0.2, 0) is 6.54 Å². The summed E-state index contributed by atoms with van der Waals surface area (Å²) in [6.45, 7) is 0.838. The number of hydrogen-bond donors (Lipinski definition) is 1. The molecule has 0 radical (unpaired) electrons. The first-order valence-corrected chi connectivity index (χ1v) is 4.88. The number of rotatable bonds is 2. The van der Waals surface area contributed by atoms with Crippen LogP contribution in [0.25, 0.3) is 11.2 Å². The van der Waals surface area contributed by atoms with Crippen LogP contribution in [0, 0.1) is 5.92 Å². The Morgan fingerprint density at radius 3 is 3.21 bits per heavy atom. The van der Waals surface area contributed by atoms with Crippen molar-refractivity contribution in [1.29, 1.82) is 0 Å². The molecule has 1 N–H and O–H groups in total. The number of aromatic amines is 1. The highest BCUT2D eigenvalue weighted by Crippen LogP contribution is 2.30. The van der Waals surface area contributed by atoms with Crippen molar-refractivity contribution in [2.75, 3.05) is 0 Å². The van der Waals surface area contributed by atoms with E-state index in [9.17, 15) is 4.79 Å². The lowest BCUT2D eigenvalue weighted by atomic mass is 10.4. The van der Waals surface area contributed by atoms with Gasteiger partial charge in [-0.2, -0.15) is 0 Å². The van der Waals surface area contributed by atoms with E-state index in [-0.39, 0.29) is 5.69 Å². The highest BCUT2D eigenvalue weighted by molar-refractivity contribution is 5.70. The van der Waals surface area contributed by atoms with E-state index in [1.54, 1.807) is 10.8 Å². The van der Waals surface area contributed by atoms with Crippen LogP contribution >= 0.6 is 0 Å². The third kappa shape index (κ3) is 1.14. The molecule has 0 unspecified atom stereocenters. The maximum Gasteiger partial charge on any atom is 0.327 e. The molecule has 1 fully saturated rings. The Kier molecular flexibility index (Phi) is 1.50. The number of H-pyrrole nitrogens is 1. The zero-order valence-electron chi connectivity index (χ0n) is 7.73. The molecule has 1 aliphatic carbocycles. The van der Waals surface area contributed by atoms with Crippen molar-refractivity contribution in [3.8, 4) is 0 Å². The van der Waals surface area contributed by atoms with Crippen LogP contribution in [-0.4, -0.2) is 14.5 Å². The first-order chi connectivity index (χ1) is 6.84. The van der Waals surface area contributed by atoms with Gasteiger partial charge in [0.25, 0.3) is 0 Å². The molecule has 3 rings (SSSR count). The van der Waals surface area contributed by atoms with Crippen molar-refractivity contribution in [3.05, 3.63) is 28.8 Å². The van der Waals surface area contributed by atoms with E-state index in [2.05, 4.69) is 9.97 Å². The van der Waals surface area contributed by atoms with Gasteiger partial charge in [0.2, 0.25) is 0 Å². The van der Waals surface area contributed by atoms with E-state index < -0.39 is 0 Å². The van der Waals surface area contributed by atoms with Gasteiger partial charge in [0.05, 0.1) is 5.52 Å². The second-order valence-electron chi connectivity index (χ2n) is 3.86. The number of nitrogens with one attached hydrogen (secondary N) is 1. The minimum Gasteiger partial charge on any atom is -0.290 e. The fourth-order valence-corrected chi connectivity index (χ4v) is 1.73. The Labute approximate surface area is 80.6 Å². The summed E-state index contributed by atoms with van der Waals surface area (Å²) >= 11 is 0. The molecule has 2 aromatic heterocycles. The minimum absolute atomic E-state index is 0.0365. The Hall–Kier alpha value is -1.58. The first kappa shape index (κ1) is 7.79. The maximum absolute atomic E-state index is 11.6. The van der Waals surface area contributed by atoms with Gasteiger partial charge in [-0.1, -0.05) is 0 Å². The SMILES string of the molecule is O=c1[nH]c2ncccc2n1CC1CC1. The van der Waals surface area contributed by atoms with Crippen LogP contribution in [0.2, 0.25) is 0 Å². The number of fused-ring (bicyclic) bond motifs is 1. The van der Waals surface area contributed by atoms with Crippen LogP contribution in [0.1, 0.15) is 12.8 Å². The molecule has 0 amide bonds.